The molecule has 1 aromatic rings. The van der Waals surface area contributed by atoms with Gasteiger partial charge in [-0.2, -0.15) is 0 Å². The second kappa shape index (κ2) is 3.28. The number of β-amino-alcohol motifs (C(OH)–C–C–N with tert-alkyl or cyclic N) is 1. The maximum absolute atomic E-state index is 11.9. The van der Waals surface area contributed by atoms with E-state index in [9.17, 15) is 9.90 Å². The first-order valence-corrected chi connectivity index (χ1v) is 5.61. The van der Waals surface area contributed by atoms with E-state index in [0.29, 0.717) is 24.6 Å². The van der Waals surface area contributed by atoms with Crippen molar-refractivity contribution >= 4 is 5.91 Å². The summed E-state index contributed by atoms with van der Waals surface area (Å²) in [6.45, 7) is 0.970. The van der Waals surface area contributed by atoms with Crippen LogP contribution in [0.5, 0.6) is 0 Å². The molecule has 4 heteroatoms. The van der Waals surface area contributed by atoms with E-state index in [0.717, 1.165) is 12.8 Å². The van der Waals surface area contributed by atoms with Crippen LogP contribution >= 0.6 is 0 Å². The molecule has 2 heterocycles. The molecule has 3 rings (SSSR count). The lowest BCUT2D eigenvalue weighted by molar-refractivity contribution is -0.0958. The Labute approximate surface area is 93.9 Å². The third-order valence-corrected chi connectivity index (χ3v) is 3.48. The highest BCUT2D eigenvalue weighted by atomic mass is 16.3. The van der Waals surface area contributed by atoms with E-state index in [1.807, 2.05) is 0 Å². The SMILES string of the molecule is O=C(c1ccncc1)N1CC(O)(C2CC2)C1. The van der Waals surface area contributed by atoms with Gasteiger partial charge in [-0.3, -0.25) is 9.78 Å². The molecule has 16 heavy (non-hydrogen) atoms. The van der Waals surface area contributed by atoms with Crippen molar-refractivity contribution in [3.63, 3.8) is 0 Å². The largest absolute Gasteiger partial charge is 0.386 e. The van der Waals surface area contributed by atoms with Gasteiger partial charge in [0.25, 0.3) is 5.91 Å². The van der Waals surface area contributed by atoms with Crippen LogP contribution in [0.1, 0.15) is 23.2 Å². The van der Waals surface area contributed by atoms with Gasteiger partial charge in [0.1, 0.15) is 5.60 Å². The van der Waals surface area contributed by atoms with Gasteiger partial charge in [-0.05, 0) is 30.9 Å². The van der Waals surface area contributed by atoms with Crippen molar-refractivity contribution < 1.29 is 9.90 Å². The zero-order valence-corrected chi connectivity index (χ0v) is 8.97. The maximum atomic E-state index is 11.9. The third-order valence-electron chi connectivity index (χ3n) is 3.48. The van der Waals surface area contributed by atoms with E-state index in [2.05, 4.69) is 4.98 Å². The van der Waals surface area contributed by atoms with Crippen LogP contribution in [0.3, 0.4) is 0 Å². The van der Waals surface area contributed by atoms with E-state index >= 15 is 0 Å². The molecule has 0 unspecified atom stereocenters. The second-order valence-corrected chi connectivity index (χ2v) is 4.77. The summed E-state index contributed by atoms with van der Waals surface area (Å²) in [7, 11) is 0. The second-order valence-electron chi connectivity index (χ2n) is 4.77. The molecule has 1 saturated carbocycles. The number of aliphatic hydroxyl groups is 1. The normalized spacial score (nSPS) is 22.7. The van der Waals surface area contributed by atoms with Crippen LogP contribution in [0, 0.1) is 5.92 Å². The quantitative estimate of drug-likeness (QED) is 0.794. The minimum atomic E-state index is -0.595. The van der Waals surface area contributed by atoms with Crippen molar-refractivity contribution in [2.24, 2.45) is 5.92 Å². The van der Waals surface area contributed by atoms with E-state index < -0.39 is 5.60 Å². The van der Waals surface area contributed by atoms with Gasteiger partial charge < -0.3 is 10.0 Å². The van der Waals surface area contributed by atoms with Crippen LogP contribution in [0.4, 0.5) is 0 Å². The summed E-state index contributed by atoms with van der Waals surface area (Å²) in [5, 5.41) is 10.1. The lowest BCUT2D eigenvalue weighted by Crippen LogP contribution is -2.64. The van der Waals surface area contributed by atoms with Crippen molar-refractivity contribution in [1.29, 1.82) is 0 Å². The van der Waals surface area contributed by atoms with Gasteiger partial charge in [-0.15, -0.1) is 0 Å². The van der Waals surface area contributed by atoms with Crippen LogP contribution in [-0.2, 0) is 0 Å². The first-order valence-electron chi connectivity index (χ1n) is 5.61. The summed E-state index contributed by atoms with van der Waals surface area (Å²) >= 11 is 0. The fourth-order valence-electron chi connectivity index (χ4n) is 2.31. The molecular weight excluding hydrogens is 204 g/mol. The predicted molar refractivity (Wildman–Crippen MR) is 57.8 cm³/mol. The number of nitrogens with zero attached hydrogens (tertiary/aromatic N) is 2. The first kappa shape index (κ1) is 9.78. The Balaban J connectivity index is 1.66. The lowest BCUT2D eigenvalue weighted by atomic mass is 9.88. The van der Waals surface area contributed by atoms with E-state index in [1.54, 1.807) is 29.4 Å². The Hall–Kier alpha value is -1.42. The Kier molecular flexibility index (Phi) is 2.01. The Bertz CT molecular complexity index is 408. The summed E-state index contributed by atoms with van der Waals surface area (Å²) in [5.41, 5.74) is 0.0516. The summed E-state index contributed by atoms with van der Waals surface area (Å²) in [4.78, 5) is 17.5. The fourth-order valence-corrected chi connectivity index (χ4v) is 2.31. The van der Waals surface area contributed by atoms with Gasteiger partial charge in [-0.25, -0.2) is 0 Å². The number of pyridine rings is 1. The number of rotatable bonds is 2. The summed E-state index contributed by atoms with van der Waals surface area (Å²) in [6.07, 6.45) is 5.43. The van der Waals surface area contributed by atoms with Crippen LogP contribution in [0.25, 0.3) is 0 Å². The zero-order valence-electron chi connectivity index (χ0n) is 8.97. The highest BCUT2D eigenvalue weighted by Crippen LogP contribution is 2.44. The average molecular weight is 218 g/mol. The Morgan fingerprint density at radius 1 is 1.38 bits per heavy atom. The number of aromatic nitrogens is 1. The predicted octanol–water partition coefficient (Wildman–Crippen LogP) is 0.678. The van der Waals surface area contributed by atoms with Crippen molar-refractivity contribution in [1.82, 2.24) is 9.88 Å². The molecule has 1 saturated heterocycles. The molecule has 0 spiro atoms. The van der Waals surface area contributed by atoms with Gasteiger partial charge in [0.2, 0.25) is 0 Å². The Morgan fingerprint density at radius 3 is 2.56 bits per heavy atom. The number of hydrogen-bond acceptors (Lipinski definition) is 3. The molecule has 84 valence electrons. The highest BCUT2D eigenvalue weighted by molar-refractivity contribution is 5.94. The van der Waals surface area contributed by atoms with Gasteiger partial charge in [0.15, 0.2) is 0 Å². The van der Waals surface area contributed by atoms with Crippen LogP contribution < -0.4 is 0 Å². The third kappa shape index (κ3) is 1.50. The number of hydrogen-bond donors (Lipinski definition) is 1. The fraction of sp³-hybridized carbons (Fsp3) is 0.500. The molecule has 1 aliphatic carbocycles. The smallest absolute Gasteiger partial charge is 0.254 e. The molecule has 4 nitrogen and oxygen atoms in total. The van der Waals surface area contributed by atoms with Crippen molar-refractivity contribution in [2.45, 2.75) is 18.4 Å². The number of likely N-dealkylation sites (tertiary alicyclic amines) is 1. The molecule has 0 bridgehead atoms. The van der Waals surface area contributed by atoms with Gasteiger partial charge >= 0.3 is 0 Å². The minimum Gasteiger partial charge on any atom is -0.386 e. The van der Waals surface area contributed by atoms with Gasteiger partial charge in [-0.1, -0.05) is 0 Å². The molecule has 0 radical (unpaired) electrons. The van der Waals surface area contributed by atoms with E-state index in [1.165, 1.54) is 0 Å². The van der Waals surface area contributed by atoms with Crippen molar-refractivity contribution in [2.75, 3.05) is 13.1 Å². The van der Waals surface area contributed by atoms with Crippen LogP contribution in [0.15, 0.2) is 24.5 Å². The summed E-state index contributed by atoms with van der Waals surface area (Å²) in [6, 6.07) is 3.41. The summed E-state index contributed by atoms with van der Waals surface area (Å²) in [5.74, 6) is 0.418. The van der Waals surface area contributed by atoms with Crippen molar-refractivity contribution in [3.05, 3.63) is 30.1 Å². The van der Waals surface area contributed by atoms with E-state index in [-0.39, 0.29) is 5.91 Å². The molecule has 0 aromatic carbocycles. The number of carbonyl (C=O) groups is 1. The molecule has 1 aromatic heterocycles. The van der Waals surface area contributed by atoms with Crippen LogP contribution in [-0.4, -0.2) is 39.6 Å². The lowest BCUT2D eigenvalue weighted by Gasteiger charge is -2.47. The molecule has 1 N–H and O–H groups in total. The molecule has 1 aliphatic heterocycles. The van der Waals surface area contributed by atoms with Gasteiger partial charge in [0, 0.05) is 18.0 Å². The topological polar surface area (TPSA) is 53.4 Å². The minimum absolute atomic E-state index is 0.00674. The molecule has 0 atom stereocenters. The Morgan fingerprint density at radius 2 is 2.00 bits per heavy atom. The van der Waals surface area contributed by atoms with Crippen molar-refractivity contribution in [3.8, 4) is 0 Å². The average Bonchev–Trinajstić information content (AvgIpc) is 3.09. The summed E-state index contributed by atoms with van der Waals surface area (Å²) < 4.78 is 0. The van der Waals surface area contributed by atoms with Gasteiger partial charge in [0.05, 0.1) is 13.1 Å². The molecule has 2 aliphatic rings. The number of amides is 1. The standard InChI is InChI=1S/C12H14N2O2/c15-11(9-3-5-13-6-4-9)14-7-12(16,8-14)10-1-2-10/h3-6,10,16H,1-2,7-8H2. The van der Waals surface area contributed by atoms with E-state index in [4.69, 9.17) is 0 Å². The van der Waals surface area contributed by atoms with Crippen LogP contribution in [0.2, 0.25) is 0 Å². The zero-order chi connectivity index (χ0) is 11.2. The molecule has 1 amide bonds. The first-order chi connectivity index (χ1) is 7.69. The molecule has 2 fully saturated rings. The monoisotopic (exact) mass is 218 g/mol. The molecular formula is C12H14N2O2. The number of carbonyl (C=O) groups excluding carboxylic acids is 1. The maximum Gasteiger partial charge on any atom is 0.254 e. The highest BCUT2D eigenvalue weighted by Gasteiger charge is 2.53.